The lowest BCUT2D eigenvalue weighted by Gasteiger charge is -2.08. The number of ketones is 1. The fraction of sp³-hybridized carbons (Fsp3) is 0.400. The lowest BCUT2D eigenvalue weighted by atomic mass is 10.0. The number of nitrogens with zero attached hydrogens (tertiary/aromatic N) is 3. The molecule has 0 amide bonds. The SMILES string of the molecule is CCSCCC(=O)C(C#N)c1nc2ccccc2n1C. The van der Waals surface area contributed by atoms with Crippen LogP contribution in [0.4, 0.5) is 0 Å². The predicted octanol–water partition coefficient (Wildman–Crippen LogP) is 2.89. The van der Waals surface area contributed by atoms with Gasteiger partial charge in [0.25, 0.3) is 0 Å². The number of fused-ring (bicyclic) bond motifs is 1. The first-order valence-corrected chi connectivity index (χ1v) is 7.76. The van der Waals surface area contributed by atoms with Gasteiger partial charge in [0.2, 0.25) is 0 Å². The van der Waals surface area contributed by atoms with Crippen LogP contribution in [0.15, 0.2) is 24.3 Å². The maximum absolute atomic E-state index is 12.2. The Kier molecular flexibility index (Phi) is 4.80. The summed E-state index contributed by atoms with van der Waals surface area (Å²) in [6.45, 7) is 2.06. The zero-order valence-corrected chi connectivity index (χ0v) is 12.5. The molecule has 1 aromatic carbocycles. The number of thioether (sulfide) groups is 1. The molecule has 5 heteroatoms. The Balaban J connectivity index is 2.28. The number of hydrogen-bond donors (Lipinski definition) is 0. The molecule has 0 N–H and O–H groups in total. The molecular weight excluding hydrogens is 270 g/mol. The van der Waals surface area contributed by atoms with Crippen molar-refractivity contribution in [3.05, 3.63) is 30.1 Å². The van der Waals surface area contributed by atoms with Gasteiger partial charge in [-0.2, -0.15) is 17.0 Å². The number of aryl methyl sites for hydroxylation is 1. The Morgan fingerprint density at radius 3 is 2.90 bits per heavy atom. The van der Waals surface area contributed by atoms with Gasteiger partial charge in [0, 0.05) is 19.2 Å². The normalized spacial score (nSPS) is 12.2. The third kappa shape index (κ3) is 2.86. The summed E-state index contributed by atoms with van der Waals surface area (Å²) in [5.41, 5.74) is 1.76. The van der Waals surface area contributed by atoms with Crippen LogP contribution in [0.1, 0.15) is 25.1 Å². The van der Waals surface area contributed by atoms with E-state index in [4.69, 9.17) is 0 Å². The lowest BCUT2D eigenvalue weighted by molar-refractivity contribution is -0.119. The summed E-state index contributed by atoms with van der Waals surface area (Å²) in [5.74, 6) is 1.46. The maximum Gasteiger partial charge on any atom is 0.162 e. The second-order valence-corrected chi connectivity index (χ2v) is 5.89. The second kappa shape index (κ2) is 6.58. The molecule has 2 aromatic rings. The molecule has 0 saturated carbocycles. The molecule has 0 fully saturated rings. The minimum absolute atomic E-state index is 0.0492. The Morgan fingerprint density at radius 1 is 1.50 bits per heavy atom. The average molecular weight is 287 g/mol. The number of carbonyl (C=O) groups excluding carboxylic acids is 1. The topological polar surface area (TPSA) is 58.7 Å². The highest BCUT2D eigenvalue weighted by molar-refractivity contribution is 7.99. The molecule has 1 aromatic heterocycles. The van der Waals surface area contributed by atoms with Crippen molar-refractivity contribution in [3.63, 3.8) is 0 Å². The minimum atomic E-state index is -0.773. The van der Waals surface area contributed by atoms with Crippen LogP contribution in [0.3, 0.4) is 0 Å². The van der Waals surface area contributed by atoms with Crippen molar-refractivity contribution in [1.82, 2.24) is 9.55 Å². The van der Waals surface area contributed by atoms with Crippen LogP contribution < -0.4 is 0 Å². The predicted molar refractivity (Wildman–Crippen MR) is 81.7 cm³/mol. The summed E-state index contributed by atoms with van der Waals surface area (Å²) >= 11 is 1.71. The number of aromatic nitrogens is 2. The van der Waals surface area contributed by atoms with Crippen LogP contribution in [0.2, 0.25) is 0 Å². The van der Waals surface area contributed by atoms with E-state index in [1.807, 2.05) is 35.9 Å². The molecule has 4 nitrogen and oxygen atoms in total. The first-order chi connectivity index (χ1) is 9.69. The van der Waals surface area contributed by atoms with Gasteiger partial charge in [0.05, 0.1) is 17.1 Å². The number of Topliss-reactive ketones (excluding diaryl/α,β-unsaturated/α-hetero) is 1. The lowest BCUT2D eigenvalue weighted by Crippen LogP contribution is -2.15. The van der Waals surface area contributed by atoms with E-state index in [1.54, 1.807) is 11.8 Å². The summed E-state index contributed by atoms with van der Waals surface area (Å²) in [5, 5.41) is 9.33. The molecule has 1 unspecified atom stereocenters. The first-order valence-electron chi connectivity index (χ1n) is 6.60. The van der Waals surface area contributed by atoms with Crippen molar-refractivity contribution in [2.24, 2.45) is 7.05 Å². The van der Waals surface area contributed by atoms with Crippen molar-refractivity contribution in [2.75, 3.05) is 11.5 Å². The van der Waals surface area contributed by atoms with E-state index in [1.165, 1.54) is 0 Å². The largest absolute Gasteiger partial charge is 0.330 e. The van der Waals surface area contributed by atoms with Crippen LogP contribution in [0, 0.1) is 11.3 Å². The quantitative estimate of drug-likeness (QED) is 0.766. The summed E-state index contributed by atoms with van der Waals surface area (Å²) in [4.78, 5) is 16.6. The molecule has 0 aliphatic carbocycles. The Morgan fingerprint density at radius 2 is 2.25 bits per heavy atom. The standard InChI is InChI=1S/C15H17N3OS/c1-3-20-9-8-14(19)11(10-16)15-17-12-6-4-5-7-13(12)18(15)2/h4-7,11H,3,8-9H2,1-2H3. The number of imidazole rings is 1. The highest BCUT2D eigenvalue weighted by Crippen LogP contribution is 2.22. The molecule has 104 valence electrons. The monoisotopic (exact) mass is 287 g/mol. The van der Waals surface area contributed by atoms with Gasteiger partial charge in [-0.1, -0.05) is 19.1 Å². The Hall–Kier alpha value is -1.80. The van der Waals surface area contributed by atoms with Gasteiger partial charge in [-0.25, -0.2) is 4.98 Å². The van der Waals surface area contributed by atoms with E-state index in [2.05, 4.69) is 18.0 Å². The molecule has 0 radical (unpaired) electrons. The van der Waals surface area contributed by atoms with Gasteiger partial charge >= 0.3 is 0 Å². The fourth-order valence-corrected chi connectivity index (χ4v) is 2.79. The van der Waals surface area contributed by atoms with Gasteiger partial charge in [-0.3, -0.25) is 4.79 Å². The smallest absolute Gasteiger partial charge is 0.162 e. The zero-order valence-electron chi connectivity index (χ0n) is 11.7. The van der Waals surface area contributed by atoms with Crippen LogP contribution >= 0.6 is 11.8 Å². The average Bonchev–Trinajstić information content (AvgIpc) is 2.78. The molecule has 20 heavy (non-hydrogen) atoms. The van der Waals surface area contributed by atoms with Crippen molar-refractivity contribution >= 4 is 28.6 Å². The highest BCUT2D eigenvalue weighted by Gasteiger charge is 2.25. The van der Waals surface area contributed by atoms with Crippen LogP contribution in [0.5, 0.6) is 0 Å². The van der Waals surface area contributed by atoms with E-state index in [9.17, 15) is 10.1 Å². The summed E-state index contributed by atoms with van der Waals surface area (Å²) in [6, 6.07) is 9.77. The Labute approximate surface area is 122 Å². The van der Waals surface area contributed by atoms with E-state index in [0.29, 0.717) is 12.2 Å². The van der Waals surface area contributed by atoms with Gasteiger partial charge in [-0.05, 0) is 17.9 Å². The third-order valence-corrected chi connectivity index (χ3v) is 4.13. The second-order valence-electron chi connectivity index (χ2n) is 4.49. The molecule has 0 spiro atoms. The number of hydrogen-bond acceptors (Lipinski definition) is 4. The molecule has 0 bridgehead atoms. The molecule has 0 aliphatic rings. The fourth-order valence-electron chi connectivity index (χ4n) is 2.16. The molecule has 1 heterocycles. The van der Waals surface area contributed by atoms with Crippen molar-refractivity contribution in [3.8, 4) is 6.07 Å². The van der Waals surface area contributed by atoms with Gasteiger partial charge in [0.15, 0.2) is 11.7 Å². The van der Waals surface area contributed by atoms with Crippen LogP contribution in [0.25, 0.3) is 11.0 Å². The van der Waals surface area contributed by atoms with Gasteiger partial charge in [-0.15, -0.1) is 0 Å². The third-order valence-electron chi connectivity index (χ3n) is 3.23. The van der Waals surface area contributed by atoms with Crippen LogP contribution in [-0.2, 0) is 11.8 Å². The number of rotatable bonds is 6. The molecule has 0 saturated heterocycles. The van der Waals surface area contributed by atoms with Gasteiger partial charge < -0.3 is 4.57 Å². The summed E-state index contributed by atoms with van der Waals surface area (Å²) < 4.78 is 1.84. The van der Waals surface area contributed by atoms with Gasteiger partial charge in [0.1, 0.15) is 5.82 Å². The first kappa shape index (κ1) is 14.6. The van der Waals surface area contributed by atoms with E-state index >= 15 is 0 Å². The maximum atomic E-state index is 12.2. The number of benzene rings is 1. The molecular formula is C15H17N3OS. The van der Waals surface area contributed by atoms with Crippen molar-refractivity contribution in [2.45, 2.75) is 19.3 Å². The van der Waals surface area contributed by atoms with Crippen LogP contribution in [-0.4, -0.2) is 26.8 Å². The summed E-state index contributed by atoms with van der Waals surface area (Å²) in [7, 11) is 1.85. The number of para-hydroxylation sites is 2. The van der Waals surface area contributed by atoms with Crippen molar-refractivity contribution in [1.29, 1.82) is 5.26 Å². The molecule has 2 rings (SSSR count). The molecule has 1 atom stereocenters. The minimum Gasteiger partial charge on any atom is -0.330 e. The summed E-state index contributed by atoms with van der Waals surface area (Å²) in [6.07, 6.45) is 0.417. The number of nitriles is 1. The number of carbonyl (C=O) groups is 1. The highest BCUT2D eigenvalue weighted by atomic mass is 32.2. The Bertz CT molecular complexity index is 657. The zero-order chi connectivity index (χ0) is 14.5. The van der Waals surface area contributed by atoms with E-state index < -0.39 is 5.92 Å². The van der Waals surface area contributed by atoms with E-state index in [-0.39, 0.29) is 5.78 Å². The molecule has 0 aliphatic heterocycles. The van der Waals surface area contributed by atoms with E-state index in [0.717, 1.165) is 22.5 Å². The van der Waals surface area contributed by atoms with Crippen molar-refractivity contribution < 1.29 is 4.79 Å².